The average Bonchev–Trinajstić information content (AvgIpc) is 2.48. The Morgan fingerprint density at radius 2 is 2.50 bits per heavy atom. The number of aromatic nitrogens is 2. The molecule has 0 aliphatic carbocycles. The number of carboxylic acids is 1. The summed E-state index contributed by atoms with van der Waals surface area (Å²) in [5.41, 5.74) is -0.00569. The van der Waals surface area contributed by atoms with Crippen LogP contribution in [0.5, 0.6) is 0 Å². The van der Waals surface area contributed by atoms with Crippen LogP contribution in [-0.2, 0) is 6.54 Å². The van der Waals surface area contributed by atoms with E-state index in [9.17, 15) is 9.18 Å². The third-order valence-electron chi connectivity index (χ3n) is 1.38. The van der Waals surface area contributed by atoms with Crippen LogP contribution in [0.1, 0.15) is 16.9 Å². The first-order valence-corrected chi connectivity index (χ1v) is 3.57. The van der Waals surface area contributed by atoms with Crippen molar-refractivity contribution in [1.82, 2.24) is 9.78 Å². The summed E-state index contributed by atoms with van der Waals surface area (Å²) in [6.07, 6.45) is 1.89. The third kappa shape index (κ3) is 2.05. The maximum absolute atomic E-state index is 11.7. The quantitative estimate of drug-likeness (QED) is 0.735. The summed E-state index contributed by atoms with van der Waals surface area (Å²) in [6.45, 7) is 0.00600. The normalized spacial score (nSPS) is 10.1. The average molecular weight is 172 g/mol. The highest BCUT2D eigenvalue weighted by Crippen LogP contribution is 1.96. The Bertz CT molecular complexity index is 272. The number of hydrogen-bond donors (Lipinski definition) is 1. The molecule has 1 N–H and O–H groups in total. The summed E-state index contributed by atoms with van der Waals surface area (Å²) in [4.78, 5) is 10.3. The lowest BCUT2D eigenvalue weighted by molar-refractivity contribution is 0.0689. The Hall–Kier alpha value is -1.39. The minimum atomic E-state index is -1.06. The summed E-state index contributed by atoms with van der Waals surface area (Å²) < 4.78 is 13.1. The highest BCUT2D eigenvalue weighted by molar-refractivity contribution is 5.84. The van der Waals surface area contributed by atoms with E-state index in [1.807, 2.05) is 0 Å². The maximum atomic E-state index is 11.7. The standard InChI is InChI=1S/C7H9FN2O2/c8-3-1-4-10-5-2-6(9-10)7(11)12/h2,5H,1,3-4H2,(H,11,12). The van der Waals surface area contributed by atoms with Crippen molar-refractivity contribution >= 4 is 5.97 Å². The van der Waals surface area contributed by atoms with E-state index < -0.39 is 12.6 Å². The van der Waals surface area contributed by atoms with Crippen LogP contribution in [0.25, 0.3) is 0 Å². The van der Waals surface area contributed by atoms with Crippen LogP contribution in [0.2, 0.25) is 0 Å². The monoisotopic (exact) mass is 172 g/mol. The molecule has 66 valence electrons. The Kier molecular flexibility index (Phi) is 2.79. The highest BCUT2D eigenvalue weighted by Gasteiger charge is 2.05. The predicted molar refractivity (Wildman–Crippen MR) is 39.8 cm³/mol. The number of halogens is 1. The van der Waals surface area contributed by atoms with Crippen LogP contribution in [0.4, 0.5) is 4.39 Å². The van der Waals surface area contributed by atoms with Crippen LogP contribution in [0.15, 0.2) is 12.3 Å². The number of carbonyl (C=O) groups is 1. The molecule has 1 aromatic heterocycles. The minimum Gasteiger partial charge on any atom is -0.476 e. The van der Waals surface area contributed by atoms with Gasteiger partial charge in [-0.05, 0) is 12.5 Å². The number of aromatic carboxylic acids is 1. The van der Waals surface area contributed by atoms with Gasteiger partial charge in [-0.3, -0.25) is 9.07 Å². The molecule has 1 rings (SSSR count). The molecule has 0 unspecified atom stereocenters. The smallest absolute Gasteiger partial charge is 0.356 e. The van der Waals surface area contributed by atoms with Gasteiger partial charge in [0.15, 0.2) is 5.69 Å². The molecule has 12 heavy (non-hydrogen) atoms. The van der Waals surface area contributed by atoms with Gasteiger partial charge < -0.3 is 5.11 Å². The molecule has 0 bridgehead atoms. The fourth-order valence-corrected chi connectivity index (χ4v) is 0.822. The molecule has 0 aromatic carbocycles. The van der Waals surface area contributed by atoms with E-state index in [0.717, 1.165) is 0 Å². The zero-order valence-electron chi connectivity index (χ0n) is 6.40. The van der Waals surface area contributed by atoms with Gasteiger partial charge in [-0.1, -0.05) is 0 Å². The van der Waals surface area contributed by atoms with Crippen molar-refractivity contribution in [2.75, 3.05) is 6.67 Å². The summed E-state index contributed by atoms with van der Waals surface area (Å²) >= 11 is 0. The van der Waals surface area contributed by atoms with Gasteiger partial charge in [-0.25, -0.2) is 4.79 Å². The molecule has 0 fully saturated rings. The molecule has 0 atom stereocenters. The second kappa shape index (κ2) is 3.85. The minimum absolute atomic E-state index is 0.00569. The van der Waals surface area contributed by atoms with Gasteiger partial charge >= 0.3 is 5.97 Å². The molecule has 1 aromatic rings. The van der Waals surface area contributed by atoms with Crippen LogP contribution in [-0.4, -0.2) is 27.5 Å². The maximum Gasteiger partial charge on any atom is 0.356 e. The molecule has 0 spiro atoms. The van der Waals surface area contributed by atoms with Gasteiger partial charge in [0, 0.05) is 12.7 Å². The van der Waals surface area contributed by atoms with Crippen molar-refractivity contribution in [3.63, 3.8) is 0 Å². The van der Waals surface area contributed by atoms with E-state index in [1.165, 1.54) is 16.9 Å². The summed E-state index contributed by atoms with van der Waals surface area (Å²) in [6, 6.07) is 1.39. The Balaban J connectivity index is 2.58. The molecule has 4 nitrogen and oxygen atoms in total. The van der Waals surface area contributed by atoms with Crippen LogP contribution >= 0.6 is 0 Å². The molecule has 0 saturated heterocycles. The lowest BCUT2D eigenvalue weighted by Crippen LogP contribution is -2.03. The van der Waals surface area contributed by atoms with Crippen LogP contribution in [0.3, 0.4) is 0 Å². The number of rotatable bonds is 4. The number of aryl methyl sites for hydroxylation is 1. The van der Waals surface area contributed by atoms with Crippen molar-refractivity contribution in [2.24, 2.45) is 0 Å². The zero-order chi connectivity index (χ0) is 8.97. The van der Waals surface area contributed by atoms with Crippen molar-refractivity contribution in [3.8, 4) is 0 Å². The number of hydrogen-bond acceptors (Lipinski definition) is 2. The number of alkyl halides is 1. The van der Waals surface area contributed by atoms with Crippen molar-refractivity contribution in [2.45, 2.75) is 13.0 Å². The summed E-state index contributed by atoms with van der Waals surface area (Å²) in [5, 5.41) is 12.2. The second-order valence-electron chi connectivity index (χ2n) is 2.31. The van der Waals surface area contributed by atoms with E-state index in [-0.39, 0.29) is 5.69 Å². The van der Waals surface area contributed by atoms with E-state index in [4.69, 9.17) is 5.11 Å². The molecule has 0 radical (unpaired) electrons. The van der Waals surface area contributed by atoms with Crippen LogP contribution in [0, 0.1) is 0 Å². The zero-order valence-corrected chi connectivity index (χ0v) is 6.40. The van der Waals surface area contributed by atoms with Gasteiger partial charge in [0.25, 0.3) is 0 Å². The molecule has 0 amide bonds. The van der Waals surface area contributed by atoms with Gasteiger partial charge in [-0.15, -0.1) is 0 Å². The number of carboxylic acid groups (broad SMARTS) is 1. The fourth-order valence-electron chi connectivity index (χ4n) is 0.822. The third-order valence-corrected chi connectivity index (χ3v) is 1.38. The topological polar surface area (TPSA) is 55.1 Å². The van der Waals surface area contributed by atoms with Gasteiger partial charge in [0.05, 0.1) is 6.67 Å². The highest BCUT2D eigenvalue weighted by atomic mass is 19.1. The molecule has 5 heteroatoms. The molecular weight excluding hydrogens is 163 g/mol. The number of nitrogens with zero attached hydrogens (tertiary/aromatic N) is 2. The first-order valence-electron chi connectivity index (χ1n) is 3.57. The molecular formula is C7H9FN2O2. The van der Waals surface area contributed by atoms with Gasteiger partial charge in [0.1, 0.15) is 0 Å². The molecule has 0 saturated carbocycles. The van der Waals surface area contributed by atoms with Crippen molar-refractivity contribution in [3.05, 3.63) is 18.0 Å². The first kappa shape index (κ1) is 8.70. The van der Waals surface area contributed by atoms with Crippen molar-refractivity contribution < 1.29 is 14.3 Å². The fraction of sp³-hybridized carbons (Fsp3) is 0.429. The van der Waals surface area contributed by atoms with E-state index >= 15 is 0 Å². The molecule has 1 heterocycles. The van der Waals surface area contributed by atoms with E-state index in [2.05, 4.69) is 5.10 Å². The second-order valence-corrected chi connectivity index (χ2v) is 2.31. The SMILES string of the molecule is O=C(O)c1ccn(CCCF)n1. The van der Waals surface area contributed by atoms with E-state index in [0.29, 0.717) is 13.0 Å². The predicted octanol–water partition coefficient (Wildman–Crippen LogP) is 0.941. The van der Waals surface area contributed by atoms with Gasteiger partial charge in [0.2, 0.25) is 0 Å². The van der Waals surface area contributed by atoms with Gasteiger partial charge in [-0.2, -0.15) is 5.10 Å². The summed E-state index contributed by atoms with van der Waals surface area (Å²) in [7, 11) is 0. The van der Waals surface area contributed by atoms with E-state index in [1.54, 1.807) is 0 Å². The lowest BCUT2D eigenvalue weighted by Gasteiger charge is -1.95. The largest absolute Gasteiger partial charge is 0.476 e. The van der Waals surface area contributed by atoms with Crippen molar-refractivity contribution in [1.29, 1.82) is 0 Å². The Morgan fingerprint density at radius 1 is 1.75 bits per heavy atom. The molecule has 0 aliphatic rings. The van der Waals surface area contributed by atoms with Crippen LogP contribution < -0.4 is 0 Å². The Morgan fingerprint density at radius 3 is 3.00 bits per heavy atom. The first-order chi connectivity index (χ1) is 5.74. The molecule has 0 aliphatic heterocycles. The lowest BCUT2D eigenvalue weighted by atomic mass is 10.4. The Labute approximate surface area is 68.6 Å². The summed E-state index contributed by atoms with van der Waals surface area (Å²) in [5.74, 6) is -1.06.